The molecule has 13 heavy (non-hydrogen) atoms. The SMILES string of the molecule is CCCC(N)c1cccc(O)c1O. The topological polar surface area (TPSA) is 66.5 Å². The van der Waals surface area contributed by atoms with E-state index in [-0.39, 0.29) is 17.5 Å². The van der Waals surface area contributed by atoms with Crippen molar-refractivity contribution in [1.29, 1.82) is 0 Å². The van der Waals surface area contributed by atoms with Crippen LogP contribution in [-0.2, 0) is 0 Å². The summed E-state index contributed by atoms with van der Waals surface area (Å²) in [5.74, 6) is -0.201. The van der Waals surface area contributed by atoms with Gasteiger partial charge in [0.15, 0.2) is 11.5 Å². The smallest absolute Gasteiger partial charge is 0.162 e. The molecule has 0 aromatic heterocycles. The van der Waals surface area contributed by atoms with Crippen LogP contribution < -0.4 is 5.73 Å². The lowest BCUT2D eigenvalue weighted by Gasteiger charge is -2.12. The highest BCUT2D eigenvalue weighted by Gasteiger charge is 2.11. The number of phenols is 2. The number of para-hydroxylation sites is 1. The summed E-state index contributed by atoms with van der Waals surface area (Å²) in [6.07, 6.45) is 1.76. The third-order valence-corrected chi connectivity index (χ3v) is 2.05. The Balaban J connectivity index is 2.93. The first-order valence-electron chi connectivity index (χ1n) is 4.43. The van der Waals surface area contributed by atoms with Crippen LogP contribution >= 0.6 is 0 Å². The van der Waals surface area contributed by atoms with Crippen molar-refractivity contribution < 1.29 is 10.2 Å². The van der Waals surface area contributed by atoms with Gasteiger partial charge in [0.25, 0.3) is 0 Å². The highest BCUT2D eigenvalue weighted by Crippen LogP contribution is 2.32. The van der Waals surface area contributed by atoms with Crippen molar-refractivity contribution in [2.24, 2.45) is 5.73 Å². The lowest BCUT2D eigenvalue weighted by atomic mass is 10.0. The maximum atomic E-state index is 9.46. The van der Waals surface area contributed by atoms with Crippen molar-refractivity contribution in [3.8, 4) is 11.5 Å². The molecule has 1 unspecified atom stereocenters. The van der Waals surface area contributed by atoms with Gasteiger partial charge in [-0.2, -0.15) is 0 Å². The minimum absolute atomic E-state index is 0.0940. The van der Waals surface area contributed by atoms with Crippen molar-refractivity contribution in [2.45, 2.75) is 25.8 Å². The normalized spacial score (nSPS) is 12.8. The minimum Gasteiger partial charge on any atom is -0.504 e. The van der Waals surface area contributed by atoms with Gasteiger partial charge in [-0.05, 0) is 12.5 Å². The molecule has 1 rings (SSSR count). The Labute approximate surface area is 77.8 Å². The van der Waals surface area contributed by atoms with Gasteiger partial charge in [0.1, 0.15) is 0 Å². The third kappa shape index (κ3) is 2.12. The first kappa shape index (κ1) is 9.86. The Morgan fingerprint density at radius 3 is 2.69 bits per heavy atom. The van der Waals surface area contributed by atoms with E-state index < -0.39 is 0 Å². The van der Waals surface area contributed by atoms with E-state index >= 15 is 0 Å². The van der Waals surface area contributed by atoms with Gasteiger partial charge < -0.3 is 15.9 Å². The van der Waals surface area contributed by atoms with E-state index in [2.05, 4.69) is 0 Å². The summed E-state index contributed by atoms with van der Waals surface area (Å²) in [6, 6.07) is 4.66. The lowest BCUT2D eigenvalue weighted by Crippen LogP contribution is -2.09. The van der Waals surface area contributed by atoms with Crippen LogP contribution in [0.2, 0.25) is 0 Å². The van der Waals surface area contributed by atoms with Gasteiger partial charge in [-0.3, -0.25) is 0 Å². The van der Waals surface area contributed by atoms with Crippen LogP contribution in [0.1, 0.15) is 31.4 Å². The Morgan fingerprint density at radius 2 is 2.08 bits per heavy atom. The van der Waals surface area contributed by atoms with E-state index in [9.17, 15) is 10.2 Å². The van der Waals surface area contributed by atoms with Crippen LogP contribution in [0, 0.1) is 0 Å². The average molecular weight is 181 g/mol. The Morgan fingerprint density at radius 1 is 1.38 bits per heavy atom. The quantitative estimate of drug-likeness (QED) is 0.624. The molecular weight excluding hydrogens is 166 g/mol. The number of phenolic OH excluding ortho intramolecular Hbond substituents is 2. The Bertz CT molecular complexity index is 286. The van der Waals surface area contributed by atoms with Crippen molar-refractivity contribution in [1.82, 2.24) is 0 Å². The highest BCUT2D eigenvalue weighted by molar-refractivity contribution is 5.45. The third-order valence-electron chi connectivity index (χ3n) is 2.05. The van der Waals surface area contributed by atoms with E-state index in [0.717, 1.165) is 12.8 Å². The summed E-state index contributed by atoms with van der Waals surface area (Å²) in [7, 11) is 0. The zero-order valence-corrected chi connectivity index (χ0v) is 7.70. The molecule has 3 heteroatoms. The molecule has 0 aliphatic carbocycles. The molecule has 0 bridgehead atoms. The average Bonchev–Trinajstić information content (AvgIpc) is 2.10. The van der Waals surface area contributed by atoms with Gasteiger partial charge in [-0.15, -0.1) is 0 Å². The fourth-order valence-electron chi connectivity index (χ4n) is 1.31. The molecule has 0 saturated heterocycles. The molecule has 0 aliphatic heterocycles. The monoisotopic (exact) mass is 181 g/mol. The van der Waals surface area contributed by atoms with Crippen LogP contribution in [-0.4, -0.2) is 10.2 Å². The molecule has 1 aromatic carbocycles. The second kappa shape index (κ2) is 4.14. The summed E-state index contributed by atoms with van der Waals surface area (Å²) < 4.78 is 0. The molecule has 0 amide bonds. The summed E-state index contributed by atoms with van der Waals surface area (Å²) in [4.78, 5) is 0. The fraction of sp³-hybridized carbons (Fsp3) is 0.400. The summed E-state index contributed by atoms with van der Waals surface area (Å²) >= 11 is 0. The van der Waals surface area contributed by atoms with Gasteiger partial charge in [0.05, 0.1) is 0 Å². The standard InChI is InChI=1S/C10H15NO2/c1-2-4-8(11)7-5-3-6-9(12)10(7)13/h3,5-6,8,12-13H,2,4,11H2,1H3. The Hall–Kier alpha value is -1.22. The van der Waals surface area contributed by atoms with Crippen LogP contribution in [0.15, 0.2) is 18.2 Å². The van der Waals surface area contributed by atoms with Gasteiger partial charge in [0, 0.05) is 11.6 Å². The minimum atomic E-state index is -0.197. The molecule has 72 valence electrons. The summed E-state index contributed by atoms with van der Waals surface area (Å²) in [5.41, 5.74) is 6.42. The van der Waals surface area contributed by atoms with Crippen LogP contribution in [0.3, 0.4) is 0 Å². The van der Waals surface area contributed by atoms with Gasteiger partial charge in [0.2, 0.25) is 0 Å². The molecule has 0 saturated carbocycles. The van der Waals surface area contributed by atoms with Gasteiger partial charge in [-0.1, -0.05) is 25.5 Å². The molecule has 1 atom stereocenters. The molecule has 4 N–H and O–H groups in total. The number of hydrogen-bond acceptors (Lipinski definition) is 3. The maximum absolute atomic E-state index is 9.46. The largest absolute Gasteiger partial charge is 0.504 e. The van der Waals surface area contributed by atoms with Crippen molar-refractivity contribution in [3.05, 3.63) is 23.8 Å². The molecule has 0 aliphatic rings. The van der Waals surface area contributed by atoms with E-state index in [0.29, 0.717) is 5.56 Å². The summed E-state index contributed by atoms with van der Waals surface area (Å²) in [6.45, 7) is 2.03. The predicted molar refractivity (Wildman–Crippen MR) is 51.6 cm³/mol. The predicted octanol–water partition coefficient (Wildman–Crippen LogP) is 1.90. The molecule has 0 radical (unpaired) electrons. The highest BCUT2D eigenvalue weighted by atomic mass is 16.3. The number of rotatable bonds is 3. The molecule has 0 fully saturated rings. The van der Waals surface area contributed by atoms with Gasteiger partial charge >= 0.3 is 0 Å². The zero-order valence-electron chi connectivity index (χ0n) is 7.70. The fourth-order valence-corrected chi connectivity index (χ4v) is 1.31. The molecule has 3 nitrogen and oxygen atoms in total. The number of hydrogen-bond donors (Lipinski definition) is 3. The maximum Gasteiger partial charge on any atom is 0.162 e. The number of nitrogens with two attached hydrogens (primary N) is 1. The first-order valence-corrected chi connectivity index (χ1v) is 4.43. The lowest BCUT2D eigenvalue weighted by molar-refractivity contribution is 0.394. The Kier molecular flexibility index (Phi) is 3.14. The van der Waals surface area contributed by atoms with E-state index in [1.54, 1.807) is 12.1 Å². The first-order chi connectivity index (χ1) is 6.16. The van der Waals surface area contributed by atoms with E-state index in [1.807, 2.05) is 6.92 Å². The van der Waals surface area contributed by atoms with E-state index in [4.69, 9.17) is 5.73 Å². The van der Waals surface area contributed by atoms with Crippen molar-refractivity contribution >= 4 is 0 Å². The van der Waals surface area contributed by atoms with Crippen LogP contribution in [0.25, 0.3) is 0 Å². The molecule has 0 spiro atoms. The molecular formula is C10H15NO2. The van der Waals surface area contributed by atoms with Gasteiger partial charge in [-0.25, -0.2) is 0 Å². The number of aromatic hydroxyl groups is 2. The van der Waals surface area contributed by atoms with Crippen LogP contribution in [0.4, 0.5) is 0 Å². The number of benzene rings is 1. The second-order valence-electron chi connectivity index (χ2n) is 3.11. The van der Waals surface area contributed by atoms with Crippen molar-refractivity contribution in [3.63, 3.8) is 0 Å². The second-order valence-corrected chi connectivity index (χ2v) is 3.11. The zero-order chi connectivity index (χ0) is 9.84. The van der Waals surface area contributed by atoms with Crippen LogP contribution in [0.5, 0.6) is 11.5 Å². The van der Waals surface area contributed by atoms with Crippen molar-refractivity contribution in [2.75, 3.05) is 0 Å². The molecule has 1 aromatic rings. The summed E-state index contributed by atoms with van der Waals surface area (Å²) in [5, 5.41) is 18.7. The molecule has 0 heterocycles. The van der Waals surface area contributed by atoms with E-state index in [1.165, 1.54) is 6.07 Å².